The van der Waals surface area contributed by atoms with Crippen molar-refractivity contribution in [3.63, 3.8) is 0 Å². The minimum Gasteiger partial charge on any atom is -0.487 e. The van der Waals surface area contributed by atoms with Crippen LogP contribution >= 0.6 is 11.6 Å². The van der Waals surface area contributed by atoms with Crippen molar-refractivity contribution in [1.82, 2.24) is 5.32 Å². The van der Waals surface area contributed by atoms with Crippen molar-refractivity contribution in [2.45, 2.75) is 38.8 Å². The summed E-state index contributed by atoms with van der Waals surface area (Å²) in [6.07, 6.45) is 0.725. The zero-order valence-corrected chi connectivity index (χ0v) is 14.3. The van der Waals surface area contributed by atoms with Crippen LogP contribution < -0.4 is 10.1 Å². The molecule has 0 spiro atoms. The highest BCUT2D eigenvalue weighted by Gasteiger charge is 2.34. The second-order valence-electron chi connectivity index (χ2n) is 6.64. The molecule has 1 aliphatic heterocycles. The van der Waals surface area contributed by atoms with Gasteiger partial charge in [0.2, 0.25) is 0 Å². The van der Waals surface area contributed by atoms with Crippen LogP contribution in [0.25, 0.3) is 0 Å². The Hall–Kier alpha value is -2.00. The van der Waals surface area contributed by atoms with Crippen LogP contribution in [0.4, 0.5) is 0 Å². The van der Waals surface area contributed by atoms with E-state index in [0.29, 0.717) is 10.6 Å². The number of benzene rings is 2. The molecule has 1 unspecified atom stereocenters. The van der Waals surface area contributed by atoms with E-state index < -0.39 is 0 Å². The topological polar surface area (TPSA) is 38.3 Å². The number of carbonyl (C=O) groups is 1. The summed E-state index contributed by atoms with van der Waals surface area (Å²) in [6, 6.07) is 12.9. The van der Waals surface area contributed by atoms with Gasteiger partial charge in [-0.2, -0.15) is 0 Å². The highest BCUT2D eigenvalue weighted by atomic mass is 35.5. The Bertz CT molecular complexity index is 738. The molecule has 1 amide bonds. The number of halogens is 1. The normalized spacial score (nSPS) is 18.7. The molecule has 1 aliphatic rings. The van der Waals surface area contributed by atoms with Crippen LogP contribution in [0.5, 0.6) is 5.75 Å². The number of rotatable bonds is 2. The standard InChI is InChI=1S/C19H20ClNO2/c1-12-4-9-17-15(10-12)16(11-19(2,3)23-17)21-18(22)13-5-7-14(20)8-6-13/h4-10,16H,11H2,1-3H3,(H,21,22). The van der Waals surface area contributed by atoms with Crippen molar-refractivity contribution in [3.05, 3.63) is 64.2 Å². The zero-order chi connectivity index (χ0) is 16.6. The van der Waals surface area contributed by atoms with Gasteiger partial charge in [-0.1, -0.05) is 29.3 Å². The van der Waals surface area contributed by atoms with Crippen LogP contribution in [-0.2, 0) is 0 Å². The van der Waals surface area contributed by atoms with Gasteiger partial charge in [0.05, 0.1) is 6.04 Å². The van der Waals surface area contributed by atoms with Crippen LogP contribution in [0.3, 0.4) is 0 Å². The maximum absolute atomic E-state index is 12.5. The van der Waals surface area contributed by atoms with Crippen molar-refractivity contribution >= 4 is 17.5 Å². The molecule has 0 radical (unpaired) electrons. The van der Waals surface area contributed by atoms with Crippen LogP contribution in [0.1, 0.15) is 47.8 Å². The fourth-order valence-electron chi connectivity index (χ4n) is 2.95. The molecule has 1 atom stereocenters. The quantitative estimate of drug-likeness (QED) is 0.868. The summed E-state index contributed by atoms with van der Waals surface area (Å²) in [5.74, 6) is 0.741. The Balaban J connectivity index is 1.88. The van der Waals surface area contributed by atoms with E-state index in [9.17, 15) is 4.79 Å². The second-order valence-corrected chi connectivity index (χ2v) is 7.08. The van der Waals surface area contributed by atoms with E-state index in [0.717, 1.165) is 23.3 Å². The van der Waals surface area contributed by atoms with Gasteiger partial charge in [-0.05, 0) is 51.1 Å². The van der Waals surface area contributed by atoms with Crippen molar-refractivity contribution in [2.24, 2.45) is 0 Å². The maximum atomic E-state index is 12.5. The van der Waals surface area contributed by atoms with Crippen molar-refractivity contribution in [2.75, 3.05) is 0 Å². The Labute approximate surface area is 141 Å². The average Bonchev–Trinajstić information content (AvgIpc) is 2.48. The maximum Gasteiger partial charge on any atom is 0.251 e. The Morgan fingerprint density at radius 3 is 2.61 bits per heavy atom. The predicted molar refractivity (Wildman–Crippen MR) is 92.2 cm³/mol. The summed E-state index contributed by atoms with van der Waals surface area (Å²) in [5.41, 5.74) is 2.47. The number of hydrogen-bond acceptors (Lipinski definition) is 2. The Morgan fingerprint density at radius 2 is 1.91 bits per heavy atom. The smallest absolute Gasteiger partial charge is 0.251 e. The molecule has 4 heteroatoms. The van der Waals surface area contributed by atoms with Gasteiger partial charge < -0.3 is 10.1 Å². The van der Waals surface area contributed by atoms with Crippen molar-refractivity contribution < 1.29 is 9.53 Å². The SMILES string of the molecule is Cc1ccc2c(c1)C(NC(=O)c1ccc(Cl)cc1)CC(C)(C)O2. The van der Waals surface area contributed by atoms with Crippen molar-refractivity contribution in [3.8, 4) is 5.75 Å². The molecule has 3 nitrogen and oxygen atoms in total. The molecule has 23 heavy (non-hydrogen) atoms. The molecular formula is C19H20ClNO2. The second kappa shape index (κ2) is 5.89. The highest BCUT2D eigenvalue weighted by molar-refractivity contribution is 6.30. The minimum absolute atomic E-state index is 0.0724. The fraction of sp³-hybridized carbons (Fsp3) is 0.316. The van der Waals surface area contributed by atoms with Crippen molar-refractivity contribution in [1.29, 1.82) is 0 Å². The van der Waals surface area contributed by atoms with Gasteiger partial charge in [-0.15, -0.1) is 0 Å². The van der Waals surface area contributed by atoms with Crippen LogP contribution in [-0.4, -0.2) is 11.5 Å². The molecule has 0 saturated carbocycles. The lowest BCUT2D eigenvalue weighted by Crippen LogP contribution is -2.41. The van der Waals surface area contributed by atoms with E-state index in [1.807, 2.05) is 32.9 Å². The Kier molecular flexibility index (Phi) is 4.07. The lowest BCUT2D eigenvalue weighted by molar-refractivity contribution is 0.0619. The van der Waals surface area contributed by atoms with Crippen LogP contribution in [0.2, 0.25) is 5.02 Å². The Morgan fingerprint density at radius 1 is 1.22 bits per heavy atom. The summed E-state index contributed by atoms with van der Waals surface area (Å²) in [6.45, 7) is 6.12. The highest BCUT2D eigenvalue weighted by Crippen LogP contribution is 2.39. The summed E-state index contributed by atoms with van der Waals surface area (Å²) >= 11 is 5.88. The molecule has 1 heterocycles. The zero-order valence-electron chi connectivity index (χ0n) is 13.5. The summed E-state index contributed by atoms with van der Waals surface area (Å²) in [5, 5.41) is 3.75. The molecule has 2 aromatic carbocycles. The first-order valence-electron chi connectivity index (χ1n) is 7.70. The molecule has 2 aromatic rings. The number of hydrogen-bond donors (Lipinski definition) is 1. The number of fused-ring (bicyclic) bond motifs is 1. The molecule has 0 bridgehead atoms. The largest absolute Gasteiger partial charge is 0.487 e. The first kappa shape index (κ1) is 15.9. The van der Waals surface area contributed by atoms with E-state index in [1.165, 1.54) is 0 Å². The van der Waals surface area contributed by atoms with E-state index in [4.69, 9.17) is 16.3 Å². The monoisotopic (exact) mass is 329 g/mol. The van der Waals surface area contributed by atoms with Gasteiger partial charge in [0.15, 0.2) is 0 Å². The van der Waals surface area contributed by atoms with E-state index in [1.54, 1.807) is 24.3 Å². The number of amides is 1. The number of carbonyl (C=O) groups excluding carboxylic acids is 1. The third-order valence-electron chi connectivity index (χ3n) is 4.03. The first-order chi connectivity index (χ1) is 10.8. The summed E-state index contributed by atoms with van der Waals surface area (Å²) in [4.78, 5) is 12.5. The van der Waals surface area contributed by atoms with E-state index in [-0.39, 0.29) is 17.6 Å². The predicted octanol–water partition coefficient (Wildman–Crippen LogP) is 4.68. The molecule has 0 aliphatic carbocycles. The molecule has 0 fully saturated rings. The van der Waals surface area contributed by atoms with Gasteiger partial charge in [0, 0.05) is 22.6 Å². The minimum atomic E-state index is -0.319. The van der Waals surface area contributed by atoms with Gasteiger partial charge in [-0.3, -0.25) is 4.79 Å². The molecular weight excluding hydrogens is 310 g/mol. The van der Waals surface area contributed by atoms with Crippen LogP contribution in [0.15, 0.2) is 42.5 Å². The average molecular weight is 330 g/mol. The molecule has 3 rings (SSSR count). The lowest BCUT2D eigenvalue weighted by atomic mass is 9.88. The van der Waals surface area contributed by atoms with Crippen LogP contribution in [0, 0.1) is 6.92 Å². The molecule has 120 valence electrons. The third-order valence-corrected chi connectivity index (χ3v) is 4.29. The summed E-state index contributed by atoms with van der Waals surface area (Å²) in [7, 11) is 0. The first-order valence-corrected chi connectivity index (χ1v) is 8.08. The number of ether oxygens (including phenoxy) is 1. The van der Waals surface area contributed by atoms with E-state index >= 15 is 0 Å². The van der Waals surface area contributed by atoms with Gasteiger partial charge in [0.1, 0.15) is 11.4 Å². The summed E-state index contributed by atoms with van der Waals surface area (Å²) < 4.78 is 6.04. The van der Waals surface area contributed by atoms with Gasteiger partial charge in [0.25, 0.3) is 5.91 Å². The third kappa shape index (κ3) is 3.50. The lowest BCUT2D eigenvalue weighted by Gasteiger charge is -2.38. The van der Waals surface area contributed by atoms with Gasteiger partial charge in [-0.25, -0.2) is 0 Å². The molecule has 0 saturated heterocycles. The number of aryl methyl sites for hydroxylation is 1. The number of nitrogens with one attached hydrogen (secondary N) is 1. The molecule has 1 N–H and O–H groups in total. The van der Waals surface area contributed by atoms with Gasteiger partial charge >= 0.3 is 0 Å². The molecule has 0 aromatic heterocycles. The van der Waals surface area contributed by atoms with E-state index in [2.05, 4.69) is 11.4 Å². The fourth-order valence-corrected chi connectivity index (χ4v) is 3.07.